The molecular weight excluding hydrogens is 717 g/mol. The number of carbonyl (C=O) groups is 5. The number of unbranched alkanes of at least 4 members (excludes halogenated alkanes) is 2. The monoisotopic (exact) mass is 768 g/mol. The molecule has 3 aromatic rings. The first kappa shape index (κ1) is 38.9. The summed E-state index contributed by atoms with van der Waals surface area (Å²) in [5, 5.41) is 13.0. The van der Waals surface area contributed by atoms with Crippen LogP contribution in [0.25, 0.3) is 5.69 Å². The number of aromatic amines is 1. The van der Waals surface area contributed by atoms with Crippen molar-refractivity contribution < 1.29 is 28.7 Å². The molecule has 0 bridgehead atoms. The van der Waals surface area contributed by atoms with Crippen LogP contribution in [0, 0.1) is 5.92 Å². The van der Waals surface area contributed by atoms with Crippen LogP contribution < -0.4 is 26.4 Å². The minimum absolute atomic E-state index is 0.0622. The summed E-state index contributed by atoms with van der Waals surface area (Å²) in [6, 6.07) is 11.0. The number of H-pyrrole nitrogens is 1. The third-order valence-electron chi connectivity index (χ3n) is 11.5. The molecule has 0 radical (unpaired) electrons. The predicted molar refractivity (Wildman–Crippen MR) is 208 cm³/mol. The Kier molecular flexibility index (Phi) is 12.6. The van der Waals surface area contributed by atoms with E-state index in [0.717, 1.165) is 62.6 Å². The predicted octanol–water partition coefficient (Wildman–Crippen LogP) is 3.89. The van der Waals surface area contributed by atoms with Crippen molar-refractivity contribution in [2.45, 2.75) is 95.4 Å². The number of fused-ring (bicyclic) bond motifs is 1. The van der Waals surface area contributed by atoms with Crippen molar-refractivity contribution >= 4 is 35.2 Å². The highest BCUT2D eigenvalue weighted by atomic mass is 16.5. The minimum Gasteiger partial charge on any atom is -0.484 e. The van der Waals surface area contributed by atoms with E-state index in [1.165, 1.54) is 43.2 Å². The molecule has 1 saturated carbocycles. The van der Waals surface area contributed by atoms with E-state index in [2.05, 4.69) is 30.9 Å². The number of ether oxygens (including phenoxy) is 1. The largest absolute Gasteiger partial charge is 0.484 e. The summed E-state index contributed by atoms with van der Waals surface area (Å²) < 4.78 is 7.14. The fraction of sp³-hybridized carbons (Fsp3) is 0.537. The Hall–Kier alpha value is -5.31. The number of nitrogens with zero attached hydrogens (tertiary/aromatic N) is 4. The van der Waals surface area contributed by atoms with Gasteiger partial charge in [-0.05, 0) is 88.2 Å². The first-order valence-electron chi connectivity index (χ1n) is 20.2. The Morgan fingerprint density at radius 2 is 1.71 bits per heavy atom. The van der Waals surface area contributed by atoms with Crippen LogP contribution >= 0.6 is 0 Å². The van der Waals surface area contributed by atoms with Crippen molar-refractivity contribution in [1.82, 2.24) is 35.2 Å². The molecule has 4 N–H and O–H groups in total. The van der Waals surface area contributed by atoms with Gasteiger partial charge in [-0.25, -0.2) is 4.79 Å². The second-order valence-corrected chi connectivity index (χ2v) is 15.5. The maximum atomic E-state index is 13.3. The number of likely N-dealkylation sites (tertiary alicyclic amines) is 1. The van der Waals surface area contributed by atoms with Crippen LogP contribution in [0.5, 0.6) is 5.75 Å². The lowest BCUT2D eigenvalue weighted by Crippen LogP contribution is -2.54. The van der Waals surface area contributed by atoms with Gasteiger partial charge in [0.25, 0.3) is 17.7 Å². The molecule has 5 amide bonds. The number of aromatic nitrogens is 3. The van der Waals surface area contributed by atoms with Crippen molar-refractivity contribution in [3.8, 4) is 11.4 Å². The van der Waals surface area contributed by atoms with Gasteiger partial charge in [0.1, 0.15) is 17.6 Å². The second kappa shape index (κ2) is 18.1. The number of benzene rings is 2. The van der Waals surface area contributed by atoms with E-state index in [0.29, 0.717) is 36.0 Å². The molecule has 1 aliphatic carbocycles. The van der Waals surface area contributed by atoms with Crippen LogP contribution in [0.15, 0.2) is 47.3 Å². The van der Waals surface area contributed by atoms with Gasteiger partial charge < -0.3 is 20.3 Å². The Morgan fingerprint density at radius 3 is 2.55 bits per heavy atom. The molecule has 15 heteroatoms. The molecule has 7 rings (SSSR count). The van der Waals surface area contributed by atoms with E-state index in [1.807, 2.05) is 0 Å². The van der Waals surface area contributed by atoms with Gasteiger partial charge in [0.2, 0.25) is 11.8 Å². The number of anilines is 1. The third kappa shape index (κ3) is 9.20. The maximum Gasteiger partial charge on any atom is 0.348 e. The zero-order chi connectivity index (χ0) is 39.0. The van der Waals surface area contributed by atoms with Gasteiger partial charge in [-0.15, -0.1) is 5.10 Å². The highest BCUT2D eigenvalue weighted by Gasteiger charge is 2.45. The Labute approximate surface area is 325 Å². The fourth-order valence-corrected chi connectivity index (χ4v) is 8.47. The van der Waals surface area contributed by atoms with Crippen LogP contribution in [0.2, 0.25) is 0 Å². The number of amides is 5. The number of imide groups is 2. The summed E-state index contributed by atoms with van der Waals surface area (Å²) in [4.78, 5) is 82.3. The number of piperidine rings is 2. The van der Waals surface area contributed by atoms with E-state index in [1.54, 1.807) is 42.5 Å². The summed E-state index contributed by atoms with van der Waals surface area (Å²) in [7, 11) is 0. The average molecular weight is 769 g/mol. The van der Waals surface area contributed by atoms with Crippen LogP contribution in [0.3, 0.4) is 0 Å². The number of nitrogens with one attached hydrogen (secondary N) is 4. The second-order valence-electron chi connectivity index (χ2n) is 15.5. The molecule has 0 spiro atoms. The molecule has 2 aromatic carbocycles. The first-order valence-corrected chi connectivity index (χ1v) is 20.2. The Balaban J connectivity index is 0.814. The quantitative estimate of drug-likeness (QED) is 0.123. The number of carbonyl (C=O) groups excluding carboxylic acids is 5. The Bertz CT molecular complexity index is 1990. The molecule has 298 valence electrons. The average Bonchev–Trinajstić information content (AvgIpc) is 3.72. The summed E-state index contributed by atoms with van der Waals surface area (Å²) in [6.45, 7) is 3.93. The molecule has 56 heavy (non-hydrogen) atoms. The maximum absolute atomic E-state index is 13.3. The van der Waals surface area contributed by atoms with Crippen LogP contribution in [0.4, 0.5) is 5.69 Å². The van der Waals surface area contributed by atoms with Crippen molar-refractivity contribution in [3.05, 3.63) is 69.9 Å². The van der Waals surface area contributed by atoms with Gasteiger partial charge >= 0.3 is 5.69 Å². The SMILES string of the molecule is O=C(COc1cccc(-n2nc([C@H]3CCCN(CCC4CCCCC4)C3)[nH]c2=O)c1)NCCCCCNc1cccc2c1C(=O)N(C1CCC(=O)NC1=O)C2=O. The van der Waals surface area contributed by atoms with Gasteiger partial charge in [-0.2, -0.15) is 4.68 Å². The van der Waals surface area contributed by atoms with Crippen molar-refractivity contribution in [1.29, 1.82) is 0 Å². The van der Waals surface area contributed by atoms with Crippen LogP contribution in [-0.2, 0) is 14.4 Å². The minimum atomic E-state index is -1.02. The number of rotatable bonds is 16. The standard InChI is InChI=1S/C41H52N8O7/c50-34-18-17-33(38(52)44-34)48-39(53)31-15-8-16-32(36(31)40(48)54)42-20-5-2-6-21-43-35(51)26-56-30-14-7-13-29(24-30)49-41(55)45-37(46-49)28-12-9-22-47(25-28)23-19-27-10-3-1-4-11-27/h7-8,13-16,24,27-28,33,42H,1-6,9-12,17-23,25-26H2,(H,43,51)(H,44,50,52)(H,45,46,55)/t28-,33?/m0/s1. The van der Waals surface area contributed by atoms with E-state index < -0.39 is 29.7 Å². The lowest BCUT2D eigenvalue weighted by Gasteiger charge is -2.33. The third-order valence-corrected chi connectivity index (χ3v) is 11.5. The smallest absolute Gasteiger partial charge is 0.348 e. The van der Waals surface area contributed by atoms with Crippen molar-refractivity contribution in [3.63, 3.8) is 0 Å². The molecule has 1 aromatic heterocycles. The van der Waals surface area contributed by atoms with Gasteiger partial charge in [-0.1, -0.05) is 44.2 Å². The fourth-order valence-electron chi connectivity index (χ4n) is 8.47. The topological polar surface area (TPSA) is 188 Å². The van der Waals surface area contributed by atoms with Gasteiger partial charge in [0.15, 0.2) is 6.61 Å². The number of hydrogen-bond acceptors (Lipinski definition) is 10. The summed E-state index contributed by atoms with van der Waals surface area (Å²) in [5.74, 6) is -0.210. The summed E-state index contributed by atoms with van der Waals surface area (Å²) >= 11 is 0. The van der Waals surface area contributed by atoms with E-state index >= 15 is 0 Å². The molecule has 2 atom stereocenters. The summed E-state index contributed by atoms with van der Waals surface area (Å²) in [5.41, 5.74) is 1.24. The highest BCUT2D eigenvalue weighted by molar-refractivity contribution is 6.25. The first-order chi connectivity index (χ1) is 27.2. The van der Waals surface area contributed by atoms with E-state index in [9.17, 15) is 28.8 Å². The van der Waals surface area contributed by atoms with Crippen molar-refractivity contribution in [2.24, 2.45) is 5.92 Å². The van der Waals surface area contributed by atoms with Crippen molar-refractivity contribution in [2.75, 3.05) is 44.6 Å². The zero-order valence-corrected chi connectivity index (χ0v) is 31.9. The summed E-state index contributed by atoms with van der Waals surface area (Å²) in [6.07, 6.45) is 12.6. The van der Waals surface area contributed by atoms with Crippen LogP contribution in [-0.4, -0.2) is 99.5 Å². The van der Waals surface area contributed by atoms with Crippen LogP contribution in [0.1, 0.15) is 116 Å². The Morgan fingerprint density at radius 1 is 0.893 bits per heavy atom. The molecule has 4 heterocycles. The molecule has 3 aliphatic heterocycles. The van der Waals surface area contributed by atoms with E-state index in [-0.39, 0.29) is 48.1 Å². The normalized spacial score (nSPS) is 20.5. The zero-order valence-electron chi connectivity index (χ0n) is 31.9. The molecule has 2 saturated heterocycles. The molecule has 1 unspecified atom stereocenters. The van der Waals surface area contributed by atoms with Gasteiger partial charge in [-0.3, -0.25) is 39.2 Å². The molecule has 15 nitrogen and oxygen atoms in total. The highest BCUT2D eigenvalue weighted by Crippen LogP contribution is 2.33. The molecular formula is C41H52N8O7. The lowest BCUT2D eigenvalue weighted by atomic mass is 9.86. The van der Waals surface area contributed by atoms with Gasteiger partial charge in [0.05, 0.1) is 16.8 Å². The molecule has 3 fully saturated rings. The van der Waals surface area contributed by atoms with E-state index in [4.69, 9.17) is 4.74 Å². The van der Waals surface area contributed by atoms with Gasteiger partial charge in [0, 0.05) is 43.7 Å². The number of hydrogen-bond donors (Lipinski definition) is 4. The lowest BCUT2D eigenvalue weighted by molar-refractivity contribution is -0.136. The molecule has 4 aliphatic rings.